The van der Waals surface area contributed by atoms with Crippen molar-refractivity contribution in [2.45, 2.75) is 26.5 Å². The third kappa shape index (κ3) is 2.52. The maximum atomic E-state index is 9.39. The molecule has 0 amide bonds. The molecule has 0 aliphatic rings. The largest absolute Gasteiger partial charge is 0.391 e. The molecule has 5 heteroatoms. The highest BCUT2D eigenvalue weighted by Gasteiger charge is 2.19. The monoisotopic (exact) mass is 243 g/mol. The van der Waals surface area contributed by atoms with Crippen LogP contribution in [0.25, 0.3) is 0 Å². The molecule has 1 rings (SSSR count). The zero-order chi connectivity index (χ0) is 12.3. The van der Waals surface area contributed by atoms with E-state index in [2.05, 4.69) is 30.2 Å². The van der Waals surface area contributed by atoms with Crippen LogP contribution in [0.4, 0.5) is 5.82 Å². The van der Waals surface area contributed by atoms with Gasteiger partial charge < -0.3 is 10.0 Å². The molecule has 0 aromatic carbocycles. The first-order valence-corrected chi connectivity index (χ1v) is 6.77. The highest BCUT2D eigenvalue weighted by molar-refractivity contribution is 7.98. The predicted octanol–water partition coefficient (Wildman–Crippen LogP) is 1.41. The Morgan fingerprint density at radius 3 is 2.69 bits per heavy atom. The van der Waals surface area contributed by atoms with Crippen molar-refractivity contribution in [3.8, 4) is 0 Å². The number of anilines is 1. The number of hydrogen-bond acceptors (Lipinski definition) is 4. The Morgan fingerprint density at radius 2 is 2.19 bits per heavy atom. The number of hydrogen-bond donors (Lipinski definition) is 1. The molecule has 0 saturated carbocycles. The van der Waals surface area contributed by atoms with Gasteiger partial charge in [-0.25, -0.2) is 0 Å². The molecule has 0 fully saturated rings. The minimum absolute atomic E-state index is 0.0470. The number of aliphatic hydroxyl groups is 1. The first kappa shape index (κ1) is 13.4. The summed E-state index contributed by atoms with van der Waals surface area (Å²) in [5.74, 6) is 2.08. The molecule has 0 spiro atoms. The molecule has 92 valence electrons. The Labute approximate surface area is 102 Å². The summed E-state index contributed by atoms with van der Waals surface area (Å²) in [5, 5.41) is 13.7. The predicted molar refractivity (Wildman–Crippen MR) is 70.1 cm³/mol. The maximum absolute atomic E-state index is 9.39. The van der Waals surface area contributed by atoms with E-state index in [4.69, 9.17) is 0 Å². The van der Waals surface area contributed by atoms with Gasteiger partial charge in [0.2, 0.25) is 0 Å². The number of nitrogens with zero attached hydrogens (tertiary/aromatic N) is 3. The summed E-state index contributed by atoms with van der Waals surface area (Å²) in [4.78, 5) is 2.18. The van der Waals surface area contributed by atoms with Crippen LogP contribution in [-0.2, 0) is 13.7 Å². The number of thioether (sulfide) groups is 1. The van der Waals surface area contributed by atoms with Crippen molar-refractivity contribution in [3.05, 3.63) is 11.3 Å². The van der Waals surface area contributed by atoms with Crippen LogP contribution in [0.5, 0.6) is 0 Å². The fourth-order valence-electron chi connectivity index (χ4n) is 1.88. The van der Waals surface area contributed by atoms with Gasteiger partial charge in [0.25, 0.3) is 0 Å². The molecule has 1 N–H and O–H groups in total. The topological polar surface area (TPSA) is 41.3 Å². The van der Waals surface area contributed by atoms with Crippen LogP contribution in [0, 0.1) is 6.92 Å². The summed E-state index contributed by atoms with van der Waals surface area (Å²) in [5.41, 5.74) is 1.83. The minimum Gasteiger partial charge on any atom is -0.391 e. The molecule has 16 heavy (non-hydrogen) atoms. The summed E-state index contributed by atoms with van der Waals surface area (Å²) in [6.45, 7) is 4.16. The van der Waals surface area contributed by atoms with E-state index in [0.717, 1.165) is 22.8 Å². The summed E-state index contributed by atoms with van der Waals surface area (Å²) in [7, 11) is 3.97. The van der Waals surface area contributed by atoms with Crippen molar-refractivity contribution in [2.75, 3.05) is 24.0 Å². The molecule has 1 aromatic heterocycles. The van der Waals surface area contributed by atoms with Crippen molar-refractivity contribution < 1.29 is 5.11 Å². The highest BCUT2D eigenvalue weighted by atomic mass is 32.2. The number of rotatable bonds is 5. The van der Waals surface area contributed by atoms with Gasteiger partial charge in [0.1, 0.15) is 5.82 Å². The third-order valence-corrected chi connectivity index (χ3v) is 3.69. The second kappa shape index (κ2) is 5.59. The standard InChI is InChI=1S/C11H21N3OS/c1-8(7-16-5)13(3)11-10(6-15)9(2)12-14(11)4/h8,15H,6-7H2,1-5H3. The minimum atomic E-state index is 0.0470. The van der Waals surface area contributed by atoms with Crippen molar-refractivity contribution in [1.29, 1.82) is 0 Å². The lowest BCUT2D eigenvalue weighted by atomic mass is 10.2. The molecule has 1 heterocycles. The normalized spacial score (nSPS) is 12.9. The lowest BCUT2D eigenvalue weighted by Crippen LogP contribution is -2.33. The first-order chi connectivity index (χ1) is 7.52. The molecule has 1 atom stereocenters. The van der Waals surface area contributed by atoms with Crippen LogP contribution >= 0.6 is 11.8 Å². The van der Waals surface area contributed by atoms with E-state index in [-0.39, 0.29) is 6.61 Å². The molecular formula is C11H21N3OS. The Morgan fingerprint density at radius 1 is 1.56 bits per heavy atom. The van der Waals surface area contributed by atoms with Crippen molar-refractivity contribution in [2.24, 2.45) is 7.05 Å². The number of aryl methyl sites for hydroxylation is 2. The van der Waals surface area contributed by atoms with Gasteiger partial charge in [-0.1, -0.05) is 0 Å². The van der Waals surface area contributed by atoms with Crippen LogP contribution in [0.15, 0.2) is 0 Å². The lowest BCUT2D eigenvalue weighted by Gasteiger charge is -2.27. The van der Waals surface area contributed by atoms with E-state index >= 15 is 0 Å². The van der Waals surface area contributed by atoms with Gasteiger partial charge in [-0.2, -0.15) is 16.9 Å². The maximum Gasteiger partial charge on any atom is 0.132 e. The average Bonchev–Trinajstić information content (AvgIpc) is 2.52. The van der Waals surface area contributed by atoms with Crippen LogP contribution < -0.4 is 4.90 Å². The molecule has 0 aliphatic heterocycles. The Kier molecular flexibility index (Phi) is 4.68. The van der Waals surface area contributed by atoms with Crippen molar-refractivity contribution in [1.82, 2.24) is 9.78 Å². The fraction of sp³-hybridized carbons (Fsp3) is 0.727. The molecule has 0 bridgehead atoms. The summed E-state index contributed by atoms with van der Waals surface area (Å²) < 4.78 is 1.84. The molecule has 0 aliphatic carbocycles. The molecular weight excluding hydrogens is 222 g/mol. The molecule has 0 radical (unpaired) electrons. The van der Waals surface area contributed by atoms with Crippen LogP contribution in [0.3, 0.4) is 0 Å². The number of aromatic nitrogens is 2. The summed E-state index contributed by atoms with van der Waals surface area (Å²) in [6.07, 6.45) is 2.10. The lowest BCUT2D eigenvalue weighted by molar-refractivity contribution is 0.281. The second-order valence-corrected chi connectivity index (χ2v) is 5.00. The van der Waals surface area contributed by atoms with E-state index in [9.17, 15) is 5.11 Å². The molecule has 1 unspecified atom stereocenters. The van der Waals surface area contributed by atoms with E-state index < -0.39 is 0 Å². The molecule has 4 nitrogen and oxygen atoms in total. The van der Waals surface area contributed by atoms with Crippen LogP contribution in [-0.4, -0.2) is 40.0 Å². The fourth-order valence-corrected chi connectivity index (χ4v) is 2.58. The van der Waals surface area contributed by atoms with E-state index in [1.165, 1.54) is 0 Å². The number of aliphatic hydroxyl groups excluding tert-OH is 1. The quantitative estimate of drug-likeness (QED) is 0.849. The van der Waals surface area contributed by atoms with Crippen molar-refractivity contribution in [3.63, 3.8) is 0 Å². The van der Waals surface area contributed by atoms with Crippen LogP contribution in [0.1, 0.15) is 18.2 Å². The van der Waals surface area contributed by atoms with E-state index in [1.54, 1.807) is 0 Å². The van der Waals surface area contributed by atoms with Gasteiger partial charge in [0.15, 0.2) is 0 Å². The smallest absolute Gasteiger partial charge is 0.132 e. The highest BCUT2D eigenvalue weighted by Crippen LogP contribution is 2.24. The van der Waals surface area contributed by atoms with Gasteiger partial charge in [0, 0.05) is 31.5 Å². The van der Waals surface area contributed by atoms with Gasteiger partial charge in [0.05, 0.1) is 12.3 Å². The summed E-state index contributed by atoms with van der Waals surface area (Å²) in [6, 6.07) is 0.426. The summed E-state index contributed by atoms with van der Waals surface area (Å²) >= 11 is 1.83. The van der Waals surface area contributed by atoms with Gasteiger partial charge in [-0.05, 0) is 20.1 Å². The van der Waals surface area contributed by atoms with Gasteiger partial charge in [-0.3, -0.25) is 4.68 Å². The third-order valence-electron chi connectivity index (χ3n) is 2.87. The Balaban J connectivity index is 3.02. The van der Waals surface area contributed by atoms with E-state index in [0.29, 0.717) is 6.04 Å². The van der Waals surface area contributed by atoms with E-state index in [1.807, 2.05) is 30.4 Å². The average molecular weight is 243 g/mol. The zero-order valence-electron chi connectivity index (χ0n) is 10.7. The van der Waals surface area contributed by atoms with Crippen LogP contribution in [0.2, 0.25) is 0 Å². The molecule has 0 saturated heterocycles. The Bertz CT molecular complexity index is 351. The SMILES string of the molecule is CSCC(C)N(C)c1c(CO)c(C)nn1C. The first-order valence-electron chi connectivity index (χ1n) is 5.38. The zero-order valence-corrected chi connectivity index (χ0v) is 11.5. The second-order valence-electron chi connectivity index (χ2n) is 4.08. The van der Waals surface area contributed by atoms with Gasteiger partial charge >= 0.3 is 0 Å². The van der Waals surface area contributed by atoms with Gasteiger partial charge in [-0.15, -0.1) is 0 Å². The Hall–Kier alpha value is -0.680. The molecule has 1 aromatic rings. The van der Waals surface area contributed by atoms with Crippen molar-refractivity contribution >= 4 is 17.6 Å².